The maximum atomic E-state index is 13.0. The summed E-state index contributed by atoms with van der Waals surface area (Å²) >= 11 is 0. The van der Waals surface area contributed by atoms with Gasteiger partial charge in [0.2, 0.25) is 5.95 Å². The number of amides is 2. The van der Waals surface area contributed by atoms with Gasteiger partial charge in [-0.15, -0.1) is 0 Å². The molecule has 2 fully saturated rings. The molecule has 2 aliphatic heterocycles. The number of rotatable bonds is 3. The first kappa shape index (κ1) is 17.7. The molecule has 0 spiro atoms. The number of ether oxygens (including phenoxy) is 1. The van der Waals surface area contributed by atoms with Gasteiger partial charge in [0.05, 0.1) is 6.61 Å². The number of nitrogens with one attached hydrogen (secondary N) is 1. The number of carbonyl (C=O) groups is 1. The Hall–Kier alpha value is -2.67. The predicted molar refractivity (Wildman–Crippen MR) is 104 cm³/mol. The minimum Gasteiger partial charge on any atom is -0.381 e. The molecule has 1 aromatic heterocycles. The minimum absolute atomic E-state index is 0.138. The summed E-state index contributed by atoms with van der Waals surface area (Å²) in [6, 6.07) is 12.3. The normalized spacial score (nSPS) is 24.4. The van der Waals surface area contributed by atoms with E-state index in [0.717, 1.165) is 12.2 Å². The summed E-state index contributed by atoms with van der Waals surface area (Å²) in [6.07, 6.45) is 2.52. The molecule has 1 N–H and O–H groups in total. The quantitative estimate of drug-likeness (QED) is 0.903. The molecule has 2 aromatic rings. The van der Waals surface area contributed by atoms with Crippen LogP contribution in [0.3, 0.4) is 0 Å². The standard InChI is InChI=1S/C20H25N5O2/c1-24(2)18-8-10-21-19(22-18)23-20(26)25-12-15(14-6-4-3-5-7-14)16-13-27-11-9-17(16)25/h3-8,10,15-17H,9,11-13H2,1-2H3,(H,21,22,23,26). The van der Waals surface area contributed by atoms with E-state index in [1.807, 2.05) is 36.0 Å². The van der Waals surface area contributed by atoms with Crippen LogP contribution in [0.15, 0.2) is 42.6 Å². The second kappa shape index (κ2) is 7.52. The average molecular weight is 367 g/mol. The van der Waals surface area contributed by atoms with Gasteiger partial charge in [-0.1, -0.05) is 30.3 Å². The molecule has 1 aromatic carbocycles. The van der Waals surface area contributed by atoms with Crippen molar-refractivity contribution in [3.05, 3.63) is 48.2 Å². The van der Waals surface area contributed by atoms with Crippen LogP contribution in [-0.2, 0) is 4.74 Å². The molecule has 0 aliphatic carbocycles. The molecule has 0 saturated carbocycles. The number of fused-ring (bicyclic) bond motifs is 1. The van der Waals surface area contributed by atoms with Gasteiger partial charge < -0.3 is 14.5 Å². The van der Waals surface area contributed by atoms with Crippen LogP contribution in [-0.4, -0.2) is 60.8 Å². The molecule has 0 radical (unpaired) electrons. The van der Waals surface area contributed by atoms with Gasteiger partial charge in [-0.05, 0) is 18.1 Å². The largest absolute Gasteiger partial charge is 0.381 e. The zero-order valence-corrected chi connectivity index (χ0v) is 15.7. The van der Waals surface area contributed by atoms with E-state index in [2.05, 4.69) is 39.6 Å². The van der Waals surface area contributed by atoms with Crippen LogP contribution < -0.4 is 10.2 Å². The first-order valence-corrected chi connectivity index (χ1v) is 9.34. The Kier molecular flexibility index (Phi) is 4.94. The average Bonchev–Trinajstić information content (AvgIpc) is 3.09. The highest BCUT2D eigenvalue weighted by Crippen LogP contribution is 2.41. The summed E-state index contributed by atoms with van der Waals surface area (Å²) < 4.78 is 5.73. The number of nitrogens with zero attached hydrogens (tertiary/aromatic N) is 4. The van der Waals surface area contributed by atoms with E-state index in [4.69, 9.17) is 4.74 Å². The molecule has 3 heterocycles. The van der Waals surface area contributed by atoms with Crippen molar-refractivity contribution < 1.29 is 9.53 Å². The van der Waals surface area contributed by atoms with Crippen LogP contribution in [0.5, 0.6) is 0 Å². The van der Waals surface area contributed by atoms with E-state index >= 15 is 0 Å². The number of anilines is 2. The fraction of sp³-hybridized carbons (Fsp3) is 0.450. The fourth-order valence-electron chi connectivity index (χ4n) is 4.11. The highest BCUT2D eigenvalue weighted by molar-refractivity contribution is 5.88. The van der Waals surface area contributed by atoms with Gasteiger partial charge in [-0.25, -0.2) is 9.78 Å². The molecule has 3 atom stereocenters. The summed E-state index contributed by atoms with van der Waals surface area (Å²) in [5.74, 6) is 1.70. The summed E-state index contributed by atoms with van der Waals surface area (Å²) in [4.78, 5) is 25.4. The first-order chi connectivity index (χ1) is 13.1. The van der Waals surface area contributed by atoms with Crippen LogP contribution >= 0.6 is 0 Å². The van der Waals surface area contributed by atoms with Crippen molar-refractivity contribution in [3.63, 3.8) is 0 Å². The molecule has 0 bridgehead atoms. The Labute approximate surface area is 159 Å². The van der Waals surface area contributed by atoms with Crippen LogP contribution in [0.4, 0.5) is 16.6 Å². The maximum absolute atomic E-state index is 13.0. The zero-order valence-electron chi connectivity index (χ0n) is 15.7. The molecule has 2 aliphatic rings. The number of carbonyl (C=O) groups excluding carboxylic acids is 1. The van der Waals surface area contributed by atoms with E-state index in [1.54, 1.807) is 6.20 Å². The molecular weight excluding hydrogens is 342 g/mol. The zero-order chi connectivity index (χ0) is 18.8. The van der Waals surface area contributed by atoms with E-state index in [0.29, 0.717) is 31.6 Å². The van der Waals surface area contributed by atoms with E-state index < -0.39 is 0 Å². The Balaban J connectivity index is 1.54. The van der Waals surface area contributed by atoms with E-state index in [1.165, 1.54) is 5.56 Å². The summed E-state index contributed by atoms with van der Waals surface area (Å²) in [6.45, 7) is 2.07. The van der Waals surface area contributed by atoms with Crippen molar-refractivity contribution in [3.8, 4) is 0 Å². The molecule has 27 heavy (non-hydrogen) atoms. The lowest BCUT2D eigenvalue weighted by atomic mass is 9.84. The Morgan fingerprint density at radius 2 is 2.07 bits per heavy atom. The Morgan fingerprint density at radius 1 is 1.26 bits per heavy atom. The second-order valence-corrected chi connectivity index (χ2v) is 7.33. The monoisotopic (exact) mass is 367 g/mol. The number of aromatic nitrogens is 2. The van der Waals surface area contributed by atoms with Crippen molar-refractivity contribution in [2.75, 3.05) is 44.1 Å². The van der Waals surface area contributed by atoms with Gasteiger partial charge in [0.25, 0.3) is 0 Å². The second-order valence-electron chi connectivity index (χ2n) is 7.33. The maximum Gasteiger partial charge on any atom is 0.324 e. The number of hydrogen-bond acceptors (Lipinski definition) is 5. The van der Waals surface area contributed by atoms with Crippen molar-refractivity contribution in [1.29, 1.82) is 0 Å². The Bertz CT molecular complexity index is 798. The van der Waals surface area contributed by atoms with Crippen LogP contribution in [0.25, 0.3) is 0 Å². The SMILES string of the molecule is CN(C)c1ccnc(NC(=O)N2CC(c3ccccc3)C3COCCC32)n1. The highest BCUT2D eigenvalue weighted by Gasteiger charge is 2.46. The first-order valence-electron chi connectivity index (χ1n) is 9.34. The van der Waals surface area contributed by atoms with Crippen LogP contribution in [0.2, 0.25) is 0 Å². The van der Waals surface area contributed by atoms with Crippen molar-refractivity contribution in [1.82, 2.24) is 14.9 Å². The van der Waals surface area contributed by atoms with Crippen molar-refractivity contribution >= 4 is 17.8 Å². The van der Waals surface area contributed by atoms with Gasteiger partial charge >= 0.3 is 6.03 Å². The van der Waals surface area contributed by atoms with Gasteiger partial charge in [0, 0.05) is 51.3 Å². The number of likely N-dealkylation sites (tertiary alicyclic amines) is 1. The van der Waals surface area contributed by atoms with Crippen LogP contribution in [0, 0.1) is 5.92 Å². The van der Waals surface area contributed by atoms with Crippen molar-refractivity contribution in [2.24, 2.45) is 5.92 Å². The molecule has 7 nitrogen and oxygen atoms in total. The molecule has 7 heteroatoms. The van der Waals surface area contributed by atoms with Gasteiger partial charge in [-0.3, -0.25) is 5.32 Å². The minimum atomic E-state index is -0.138. The third-order valence-corrected chi connectivity index (χ3v) is 5.48. The van der Waals surface area contributed by atoms with Crippen molar-refractivity contribution in [2.45, 2.75) is 18.4 Å². The third kappa shape index (κ3) is 3.60. The molecule has 4 rings (SSSR count). The Morgan fingerprint density at radius 3 is 2.85 bits per heavy atom. The van der Waals surface area contributed by atoms with Gasteiger partial charge in [0.1, 0.15) is 5.82 Å². The summed E-state index contributed by atoms with van der Waals surface area (Å²) in [5, 5.41) is 2.88. The third-order valence-electron chi connectivity index (χ3n) is 5.48. The molecule has 2 saturated heterocycles. The molecule has 142 valence electrons. The number of urea groups is 1. The lowest BCUT2D eigenvalue weighted by Crippen LogP contribution is -2.44. The predicted octanol–water partition coefficient (Wildman–Crippen LogP) is 2.58. The smallest absolute Gasteiger partial charge is 0.324 e. The van der Waals surface area contributed by atoms with E-state index in [-0.39, 0.29) is 18.0 Å². The lowest BCUT2D eigenvalue weighted by molar-refractivity contribution is 0.0272. The highest BCUT2D eigenvalue weighted by atomic mass is 16.5. The summed E-state index contributed by atoms with van der Waals surface area (Å²) in [7, 11) is 3.82. The number of hydrogen-bond donors (Lipinski definition) is 1. The number of benzene rings is 1. The van der Waals surface area contributed by atoms with Gasteiger partial charge in [0.15, 0.2) is 0 Å². The topological polar surface area (TPSA) is 70.6 Å². The van der Waals surface area contributed by atoms with Gasteiger partial charge in [-0.2, -0.15) is 4.98 Å². The lowest BCUT2D eigenvalue weighted by Gasteiger charge is -2.32. The van der Waals surface area contributed by atoms with Crippen LogP contribution in [0.1, 0.15) is 17.9 Å². The molecule has 3 unspecified atom stereocenters. The molecule has 2 amide bonds. The molecular formula is C20H25N5O2. The van der Waals surface area contributed by atoms with E-state index in [9.17, 15) is 4.79 Å². The fourth-order valence-corrected chi connectivity index (χ4v) is 4.11. The summed E-state index contributed by atoms with van der Waals surface area (Å²) in [5.41, 5.74) is 1.26.